The number of hydrogen-bond donors (Lipinski definition) is 2. The molecule has 1 aliphatic heterocycles. The number of halogens is 1. The molecule has 3 atom stereocenters. The van der Waals surface area contributed by atoms with Gasteiger partial charge in [-0.25, -0.2) is 0 Å². The third kappa shape index (κ3) is 7.90. The highest BCUT2D eigenvalue weighted by molar-refractivity contribution is 7.16. The fourth-order valence-electron chi connectivity index (χ4n) is 5.59. The van der Waals surface area contributed by atoms with E-state index in [0.717, 1.165) is 78.3 Å². The zero-order valence-electron chi connectivity index (χ0n) is 21.4. The third-order valence-electron chi connectivity index (χ3n) is 7.63. The number of nitrogens with zero attached hydrogens (tertiary/aromatic N) is 2. The molecule has 8 heteroatoms. The van der Waals surface area contributed by atoms with Crippen LogP contribution in [0.25, 0.3) is 10.9 Å². The summed E-state index contributed by atoms with van der Waals surface area (Å²) in [5.74, 6) is 0.764. The number of benzene rings is 1. The summed E-state index contributed by atoms with van der Waals surface area (Å²) in [7, 11) is 1.64. The van der Waals surface area contributed by atoms with Crippen molar-refractivity contribution in [2.75, 3.05) is 26.7 Å². The molecule has 200 valence electrons. The summed E-state index contributed by atoms with van der Waals surface area (Å²) in [6.07, 6.45) is 7.93. The summed E-state index contributed by atoms with van der Waals surface area (Å²) in [6.45, 7) is 3.02. The van der Waals surface area contributed by atoms with Gasteiger partial charge in [0.2, 0.25) is 0 Å². The van der Waals surface area contributed by atoms with Crippen LogP contribution in [-0.2, 0) is 11.2 Å². The lowest BCUT2D eigenvalue weighted by atomic mass is 9.79. The number of aromatic nitrogens is 1. The minimum Gasteiger partial charge on any atom is -0.497 e. The highest BCUT2D eigenvalue weighted by Crippen LogP contribution is 2.35. The first kappa shape index (κ1) is 27.8. The number of aliphatic hydroxyl groups is 1. The normalized spacial score (nSPS) is 19.2. The lowest BCUT2D eigenvalue weighted by Crippen LogP contribution is -2.41. The second-order valence-electron chi connectivity index (χ2n) is 10.1. The van der Waals surface area contributed by atoms with Crippen LogP contribution < -0.4 is 4.74 Å². The highest BCUT2D eigenvalue weighted by Gasteiger charge is 2.30. The minimum atomic E-state index is -0.734. The van der Waals surface area contributed by atoms with Crippen molar-refractivity contribution in [1.29, 1.82) is 0 Å². The molecule has 0 bridgehead atoms. The number of pyridine rings is 1. The van der Waals surface area contributed by atoms with Crippen LogP contribution in [0.3, 0.4) is 0 Å². The van der Waals surface area contributed by atoms with E-state index >= 15 is 0 Å². The van der Waals surface area contributed by atoms with Gasteiger partial charge in [0.1, 0.15) is 5.75 Å². The van der Waals surface area contributed by atoms with Gasteiger partial charge in [0, 0.05) is 29.4 Å². The predicted molar refractivity (Wildman–Crippen MR) is 150 cm³/mol. The first-order valence-electron chi connectivity index (χ1n) is 13.2. The molecule has 2 unspecified atom stereocenters. The van der Waals surface area contributed by atoms with Crippen molar-refractivity contribution in [2.45, 2.75) is 57.5 Å². The number of aryl methyl sites for hydroxylation is 1. The Kier molecular flexibility index (Phi) is 10.2. The molecule has 37 heavy (non-hydrogen) atoms. The quantitative estimate of drug-likeness (QED) is 0.236. The van der Waals surface area contributed by atoms with E-state index in [-0.39, 0.29) is 6.42 Å². The van der Waals surface area contributed by atoms with Gasteiger partial charge in [0.05, 0.1) is 23.1 Å². The van der Waals surface area contributed by atoms with Crippen molar-refractivity contribution in [2.24, 2.45) is 11.8 Å². The van der Waals surface area contributed by atoms with E-state index in [1.54, 1.807) is 24.6 Å². The van der Waals surface area contributed by atoms with Crippen LogP contribution in [0.5, 0.6) is 5.75 Å². The Balaban J connectivity index is 1.32. The Hall–Kier alpha value is -2.19. The number of hydrogen-bond acceptors (Lipinski definition) is 6. The van der Waals surface area contributed by atoms with Crippen LogP contribution in [0.2, 0.25) is 4.34 Å². The largest absolute Gasteiger partial charge is 0.497 e. The van der Waals surface area contributed by atoms with E-state index in [0.29, 0.717) is 24.7 Å². The number of methoxy groups -OCH3 is 1. The topological polar surface area (TPSA) is 82.9 Å². The van der Waals surface area contributed by atoms with Crippen molar-refractivity contribution in [1.82, 2.24) is 9.88 Å². The highest BCUT2D eigenvalue weighted by atomic mass is 35.5. The van der Waals surface area contributed by atoms with E-state index in [1.807, 2.05) is 30.3 Å². The summed E-state index contributed by atoms with van der Waals surface area (Å²) in [5, 5.41) is 21.4. The SMILES string of the molecule is COc1ccc2nccc([C@@H](O)CCC3CCN(CCCCc4ccc(Cl)s4)CC3CCC(=O)O)c2c1. The average molecular weight is 545 g/mol. The van der Waals surface area contributed by atoms with Gasteiger partial charge in [0.25, 0.3) is 0 Å². The number of carboxylic acid groups (broad SMARTS) is 1. The molecule has 3 aromatic rings. The van der Waals surface area contributed by atoms with E-state index in [2.05, 4.69) is 16.0 Å². The fourth-order valence-corrected chi connectivity index (χ4v) is 6.72. The van der Waals surface area contributed by atoms with Crippen LogP contribution >= 0.6 is 22.9 Å². The van der Waals surface area contributed by atoms with Crippen molar-refractivity contribution in [3.05, 3.63) is 57.4 Å². The lowest BCUT2D eigenvalue weighted by Gasteiger charge is -2.39. The second kappa shape index (κ2) is 13.6. The van der Waals surface area contributed by atoms with Gasteiger partial charge in [-0.05, 0) is 112 Å². The number of piperidine rings is 1. The maximum atomic E-state index is 11.3. The van der Waals surface area contributed by atoms with Crippen molar-refractivity contribution in [3.63, 3.8) is 0 Å². The summed E-state index contributed by atoms with van der Waals surface area (Å²) in [5.41, 5.74) is 1.71. The standard InChI is InChI=1S/C29H37ClN2O4S/c1-36-22-7-9-26-25(18-22)24(13-15-31-26)27(33)10-5-20-14-17-32(19-21(20)6-12-29(34)35)16-3-2-4-23-8-11-28(30)37-23/h7-9,11,13,15,18,20-21,27,33H,2-6,10,12,14,16-17,19H2,1H3,(H,34,35)/t20?,21?,27-/m0/s1. The molecule has 0 amide bonds. The number of aliphatic carboxylic acids is 1. The van der Waals surface area contributed by atoms with E-state index < -0.39 is 12.1 Å². The van der Waals surface area contributed by atoms with Crippen LogP contribution in [0.1, 0.15) is 61.5 Å². The molecule has 0 aliphatic carbocycles. The summed E-state index contributed by atoms with van der Waals surface area (Å²) in [4.78, 5) is 19.6. The molecule has 0 radical (unpaired) electrons. The zero-order chi connectivity index (χ0) is 26.2. The van der Waals surface area contributed by atoms with Gasteiger partial charge in [-0.15, -0.1) is 11.3 Å². The van der Waals surface area contributed by atoms with Crippen LogP contribution in [-0.4, -0.2) is 52.8 Å². The summed E-state index contributed by atoms with van der Waals surface area (Å²) < 4.78 is 6.22. The molecule has 1 saturated heterocycles. The summed E-state index contributed by atoms with van der Waals surface area (Å²) in [6, 6.07) is 11.7. The minimum absolute atomic E-state index is 0.200. The van der Waals surface area contributed by atoms with Gasteiger partial charge in [-0.3, -0.25) is 9.78 Å². The maximum Gasteiger partial charge on any atom is 0.303 e. The summed E-state index contributed by atoms with van der Waals surface area (Å²) >= 11 is 7.70. The molecule has 0 saturated carbocycles. The molecule has 3 heterocycles. The number of aliphatic hydroxyl groups excluding tert-OH is 1. The van der Waals surface area contributed by atoms with Gasteiger partial charge in [0.15, 0.2) is 0 Å². The molecule has 1 aliphatic rings. The Morgan fingerprint density at radius 3 is 2.84 bits per heavy atom. The van der Waals surface area contributed by atoms with Gasteiger partial charge in [-0.1, -0.05) is 11.6 Å². The van der Waals surface area contributed by atoms with Crippen molar-refractivity contribution in [3.8, 4) is 5.75 Å². The van der Waals surface area contributed by atoms with Crippen LogP contribution in [0.15, 0.2) is 42.6 Å². The first-order chi connectivity index (χ1) is 17.9. The molecular formula is C29H37ClN2O4S. The molecule has 2 aromatic heterocycles. The number of rotatable bonds is 13. The maximum absolute atomic E-state index is 11.3. The monoisotopic (exact) mass is 544 g/mol. The number of likely N-dealkylation sites (tertiary alicyclic amines) is 1. The Morgan fingerprint density at radius 1 is 1.22 bits per heavy atom. The molecule has 2 N–H and O–H groups in total. The van der Waals surface area contributed by atoms with Gasteiger partial charge in [-0.2, -0.15) is 0 Å². The molecule has 4 rings (SSSR count). The second-order valence-corrected chi connectivity index (χ2v) is 11.9. The van der Waals surface area contributed by atoms with E-state index in [1.165, 1.54) is 4.88 Å². The molecular weight excluding hydrogens is 508 g/mol. The Morgan fingerprint density at radius 2 is 2.08 bits per heavy atom. The van der Waals surface area contributed by atoms with E-state index in [9.17, 15) is 15.0 Å². The number of thiophene rings is 1. The fraction of sp³-hybridized carbons (Fsp3) is 0.517. The molecule has 0 spiro atoms. The van der Waals surface area contributed by atoms with Crippen molar-refractivity contribution >= 4 is 39.8 Å². The average Bonchev–Trinajstić information content (AvgIpc) is 3.33. The van der Waals surface area contributed by atoms with Gasteiger partial charge >= 0.3 is 5.97 Å². The molecule has 6 nitrogen and oxygen atoms in total. The number of carbonyl (C=O) groups is 1. The van der Waals surface area contributed by atoms with Crippen LogP contribution in [0.4, 0.5) is 0 Å². The van der Waals surface area contributed by atoms with Gasteiger partial charge < -0.3 is 19.8 Å². The lowest BCUT2D eigenvalue weighted by molar-refractivity contribution is -0.137. The van der Waals surface area contributed by atoms with Crippen molar-refractivity contribution < 1.29 is 19.7 Å². The number of unbranched alkanes of at least 4 members (excludes halogenated alkanes) is 1. The number of carboxylic acids is 1. The smallest absolute Gasteiger partial charge is 0.303 e. The molecule has 1 aromatic carbocycles. The molecule has 1 fully saturated rings. The van der Waals surface area contributed by atoms with Crippen LogP contribution in [0, 0.1) is 11.8 Å². The predicted octanol–water partition coefficient (Wildman–Crippen LogP) is 6.60. The zero-order valence-corrected chi connectivity index (χ0v) is 23.0. The first-order valence-corrected chi connectivity index (χ1v) is 14.4. The third-order valence-corrected chi connectivity index (χ3v) is 8.92. The van der Waals surface area contributed by atoms with E-state index in [4.69, 9.17) is 16.3 Å². The Bertz CT molecular complexity index is 1170. The number of ether oxygens (including phenoxy) is 1. The Labute approximate surface area is 228 Å². The number of fused-ring (bicyclic) bond motifs is 1.